The summed E-state index contributed by atoms with van der Waals surface area (Å²) in [5.41, 5.74) is -0.898. The average Bonchev–Trinajstić information content (AvgIpc) is 3.28. The van der Waals surface area contributed by atoms with Crippen molar-refractivity contribution in [2.24, 2.45) is 5.41 Å². The second-order valence-electron chi connectivity index (χ2n) is 6.09. The van der Waals surface area contributed by atoms with Crippen molar-refractivity contribution >= 4 is 27.4 Å². The summed E-state index contributed by atoms with van der Waals surface area (Å²) in [5.74, 6) is -1.88. The second kappa shape index (κ2) is 6.44. The SMILES string of the molecule is COC[C@@]1(C(=O)O)[C@H](S(=O)(=O)c2ccccc2)[C@@H]1c1ccc(Cl)cc1. The van der Waals surface area contributed by atoms with Crippen molar-refractivity contribution in [2.45, 2.75) is 16.1 Å². The third-order valence-electron chi connectivity index (χ3n) is 4.67. The smallest absolute Gasteiger partial charge is 0.314 e. The molecule has 1 fully saturated rings. The van der Waals surface area contributed by atoms with E-state index in [1.54, 1.807) is 42.5 Å². The van der Waals surface area contributed by atoms with Crippen LogP contribution in [0.4, 0.5) is 0 Å². The van der Waals surface area contributed by atoms with Crippen LogP contribution in [0.15, 0.2) is 59.5 Å². The summed E-state index contributed by atoms with van der Waals surface area (Å²) in [6, 6.07) is 14.5. The van der Waals surface area contributed by atoms with Gasteiger partial charge in [-0.05, 0) is 29.8 Å². The van der Waals surface area contributed by atoms with E-state index in [1.165, 1.54) is 19.2 Å². The molecule has 3 atom stereocenters. The van der Waals surface area contributed by atoms with Crippen LogP contribution < -0.4 is 0 Å². The molecule has 1 saturated carbocycles. The first-order chi connectivity index (χ1) is 11.9. The van der Waals surface area contributed by atoms with E-state index in [-0.39, 0.29) is 11.5 Å². The van der Waals surface area contributed by atoms with Gasteiger partial charge in [-0.25, -0.2) is 8.42 Å². The molecule has 25 heavy (non-hydrogen) atoms. The number of sulfone groups is 1. The number of benzene rings is 2. The Morgan fingerprint density at radius 1 is 1.16 bits per heavy atom. The highest BCUT2D eigenvalue weighted by molar-refractivity contribution is 7.92. The fraction of sp³-hybridized carbons (Fsp3) is 0.278. The van der Waals surface area contributed by atoms with Crippen LogP contribution >= 0.6 is 11.6 Å². The Morgan fingerprint density at radius 2 is 1.76 bits per heavy atom. The van der Waals surface area contributed by atoms with Gasteiger partial charge in [0.2, 0.25) is 0 Å². The molecule has 1 aliphatic carbocycles. The molecule has 2 aromatic rings. The van der Waals surface area contributed by atoms with Crippen LogP contribution in [-0.2, 0) is 19.4 Å². The van der Waals surface area contributed by atoms with Crippen LogP contribution in [0.5, 0.6) is 0 Å². The third kappa shape index (κ3) is 2.84. The highest BCUT2D eigenvalue weighted by Gasteiger charge is 2.76. The lowest BCUT2D eigenvalue weighted by Crippen LogP contribution is -2.28. The van der Waals surface area contributed by atoms with Crippen molar-refractivity contribution < 1.29 is 23.1 Å². The van der Waals surface area contributed by atoms with E-state index in [4.69, 9.17) is 16.3 Å². The zero-order valence-corrected chi connectivity index (χ0v) is 15.0. The summed E-state index contributed by atoms with van der Waals surface area (Å²) in [6.07, 6.45) is 0. The van der Waals surface area contributed by atoms with Gasteiger partial charge >= 0.3 is 5.97 Å². The van der Waals surface area contributed by atoms with Gasteiger partial charge in [-0.15, -0.1) is 0 Å². The number of carboxylic acids is 1. The zero-order chi connectivity index (χ0) is 18.2. The van der Waals surface area contributed by atoms with Crippen molar-refractivity contribution in [3.05, 3.63) is 65.2 Å². The number of hydrogen-bond donors (Lipinski definition) is 1. The molecule has 1 aliphatic rings. The Kier molecular flexibility index (Phi) is 4.62. The maximum atomic E-state index is 13.1. The Labute approximate surface area is 151 Å². The summed E-state index contributed by atoms with van der Waals surface area (Å²) in [5, 5.41) is 9.23. The fourth-order valence-corrected chi connectivity index (χ4v) is 5.99. The minimum atomic E-state index is -3.84. The molecular formula is C18H17ClO5S. The molecule has 0 saturated heterocycles. The second-order valence-corrected chi connectivity index (χ2v) is 8.59. The zero-order valence-electron chi connectivity index (χ0n) is 13.4. The van der Waals surface area contributed by atoms with E-state index >= 15 is 0 Å². The number of methoxy groups -OCH3 is 1. The molecule has 0 bridgehead atoms. The molecular weight excluding hydrogens is 364 g/mol. The average molecular weight is 381 g/mol. The molecule has 3 rings (SSSR count). The molecule has 7 heteroatoms. The molecule has 0 spiro atoms. The van der Waals surface area contributed by atoms with Gasteiger partial charge in [0.25, 0.3) is 0 Å². The monoisotopic (exact) mass is 380 g/mol. The normalized spacial score (nSPS) is 25.5. The first kappa shape index (κ1) is 17.9. The maximum Gasteiger partial charge on any atom is 0.314 e. The first-order valence-electron chi connectivity index (χ1n) is 7.62. The summed E-state index contributed by atoms with van der Waals surface area (Å²) >= 11 is 5.89. The van der Waals surface area contributed by atoms with Gasteiger partial charge in [0, 0.05) is 18.1 Å². The van der Waals surface area contributed by atoms with E-state index < -0.39 is 32.4 Å². The van der Waals surface area contributed by atoms with E-state index in [2.05, 4.69) is 0 Å². The van der Waals surface area contributed by atoms with E-state index in [1.807, 2.05) is 0 Å². The van der Waals surface area contributed by atoms with Gasteiger partial charge in [0.15, 0.2) is 9.84 Å². The molecule has 0 aliphatic heterocycles. The molecule has 0 amide bonds. The minimum Gasteiger partial charge on any atom is -0.481 e. The molecule has 0 heterocycles. The number of carbonyl (C=O) groups is 1. The van der Waals surface area contributed by atoms with Crippen molar-refractivity contribution in [3.63, 3.8) is 0 Å². The number of aliphatic carboxylic acids is 1. The van der Waals surface area contributed by atoms with Crippen molar-refractivity contribution in [1.29, 1.82) is 0 Å². The minimum absolute atomic E-state index is 0.109. The molecule has 2 aromatic carbocycles. The van der Waals surface area contributed by atoms with Crippen LogP contribution in [0.3, 0.4) is 0 Å². The Morgan fingerprint density at radius 3 is 2.28 bits per heavy atom. The molecule has 0 aromatic heterocycles. The molecule has 132 valence electrons. The maximum absolute atomic E-state index is 13.1. The van der Waals surface area contributed by atoms with Crippen LogP contribution in [0, 0.1) is 5.41 Å². The van der Waals surface area contributed by atoms with E-state index in [0.29, 0.717) is 10.6 Å². The van der Waals surface area contributed by atoms with Gasteiger partial charge in [-0.1, -0.05) is 41.9 Å². The molecule has 1 N–H and O–H groups in total. The molecule has 5 nitrogen and oxygen atoms in total. The van der Waals surface area contributed by atoms with E-state index in [0.717, 1.165) is 0 Å². The van der Waals surface area contributed by atoms with Gasteiger partial charge in [0.05, 0.1) is 16.8 Å². The van der Waals surface area contributed by atoms with Crippen molar-refractivity contribution in [2.75, 3.05) is 13.7 Å². The highest BCUT2D eigenvalue weighted by atomic mass is 35.5. The number of hydrogen-bond acceptors (Lipinski definition) is 4. The van der Waals surface area contributed by atoms with Gasteiger partial charge in [-0.3, -0.25) is 4.79 Å². The highest BCUT2D eigenvalue weighted by Crippen LogP contribution is 2.64. The first-order valence-corrected chi connectivity index (χ1v) is 9.55. The Bertz CT molecular complexity index is 879. The standard InChI is InChI=1S/C18H17ClO5S/c1-24-11-18(17(20)21)15(12-7-9-13(19)10-8-12)16(18)25(22,23)14-5-3-2-4-6-14/h2-10,15-16H,11H2,1H3,(H,20,21)/t15-,16+,18-/m0/s1. The van der Waals surface area contributed by atoms with Gasteiger partial charge in [0.1, 0.15) is 5.41 Å². The van der Waals surface area contributed by atoms with E-state index in [9.17, 15) is 18.3 Å². The third-order valence-corrected chi connectivity index (χ3v) is 7.22. The summed E-state index contributed by atoms with van der Waals surface area (Å²) in [4.78, 5) is 12.2. The lowest BCUT2D eigenvalue weighted by Gasteiger charge is -2.12. The van der Waals surface area contributed by atoms with Crippen LogP contribution in [0.2, 0.25) is 5.02 Å². The van der Waals surface area contributed by atoms with Gasteiger partial charge < -0.3 is 9.84 Å². The molecule has 0 radical (unpaired) electrons. The lowest BCUT2D eigenvalue weighted by molar-refractivity contribution is -0.145. The largest absolute Gasteiger partial charge is 0.481 e. The van der Waals surface area contributed by atoms with Crippen LogP contribution in [0.25, 0.3) is 0 Å². The predicted octanol–water partition coefficient (Wildman–Crippen LogP) is 3.00. The summed E-state index contributed by atoms with van der Waals surface area (Å²) < 4.78 is 31.3. The van der Waals surface area contributed by atoms with Crippen LogP contribution in [0.1, 0.15) is 11.5 Å². The number of halogens is 1. The predicted molar refractivity (Wildman–Crippen MR) is 93.6 cm³/mol. The fourth-order valence-electron chi connectivity index (χ4n) is 3.49. The quantitative estimate of drug-likeness (QED) is 0.833. The lowest BCUT2D eigenvalue weighted by atomic mass is 10.0. The van der Waals surface area contributed by atoms with Crippen molar-refractivity contribution in [1.82, 2.24) is 0 Å². The Balaban J connectivity index is 2.12. The summed E-state index contributed by atoms with van der Waals surface area (Å²) in [6.45, 7) is -0.188. The topological polar surface area (TPSA) is 80.7 Å². The van der Waals surface area contributed by atoms with Gasteiger partial charge in [-0.2, -0.15) is 0 Å². The molecule has 0 unspecified atom stereocenters. The number of carboxylic acid groups (broad SMARTS) is 1. The van der Waals surface area contributed by atoms with Crippen molar-refractivity contribution in [3.8, 4) is 0 Å². The number of ether oxygens (including phenoxy) is 1. The van der Waals surface area contributed by atoms with Crippen LogP contribution in [-0.4, -0.2) is 38.5 Å². The number of rotatable bonds is 6. The summed E-state index contributed by atoms with van der Waals surface area (Å²) in [7, 11) is -2.47. The Hall–Kier alpha value is -1.89.